The van der Waals surface area contributed by atoms with Gasteiger partial charge in [-0.2, -0.15) is 0 Å². The van der Waals surface area contributed by atoms with Gasteiger partial charge >= 0.3 is 0 Å². The number of nitrogens with zero attached hydrogens (tertiary/aromatic N) is 1. The van der Waals surface area contributed by atoms with Gasteiger partial charge in [-0.15, -0.1) is 0 Å². The quantitative estimate of drug-likeness (QED) is 0.155. The summed E-state index contributed by atoms with van der Waals surface area (Å²) in [6.45, 7) is 1.78. The van der Waals surface area contributed by atoms with Crippen molar-refractivity contribution in [1.82, 2.24) is 10.3 Å². The van der Waals surface area contributed by atoms with Crippen LogP contribution >= 0.6 is 0 Å². The third-order valence-corrected chi connectivity index (χ3v) is 7.10. The maximum atomic E-state index is 13.5. The molecule has 0 fully saturated rings. The van der Waals surface area contributed by atoms with E-state index < -0.39 is 11.8 Å². The van der Waals surface area contributed by atoms with Crippen molar-refractivity contribution in [2.45, 2.75) is 12.8 Å². The first-order chi connectivity index (χ1) is 21.0. The number of benzene rings is 4. The fourth-order valence-electron chi connectivity index (χ4n) is 4.75. The molecule has 0 spiro atoms. The van der Waals surface area contributed by atoms with Crippen LogP contribution in [0.2, 0.25) is 0 Å². The molecule has 218 valence electrons. The van der Waals surface area contributed by atoms with Gasteiger partial charge in [0.1, 0.15) is 0 Å². The summed E-state index contributed by atoms with van der Waals surface area (Å²) in [5, 5.41) is 10.1. The molecule has 0 unspecified atom stereocenters. The van der Waals surface area contributed by atoms with Crippen LogP contribution in [0.3, 0.4) is 0 Å². The second-order valence-corrected chi connectivity index (χ2v) is 10.0. The standard InChI is InChI=1S/C35H34N4O4/c1-42-32-21-29(31(22-33(32)43-2)39-34(40)27-20-26-10-6-7-11-30(26)37-23-27)35(41)38-28-14-12-25(13-15-28)17-19-36-18-16-24-8-4-3-5-9-24/h3-15,20-23,36H,16-19H2,1-2H3,(H,38,41)(H,39,40). The molecular weight excluding hydrogens is 540 g/mol. The molecule has 0 saturated heterocycles. The van der Waals surface area contributed by atoms with Gasteiger partial charge in [0, 0.05) is 23.3 Å². The average molecular weight is 575 g/mol. The van der Waals surface area contributed by atoms with Crippen LogP contribution in [0, 0.1) is 0 Å². The number of carbonyl (C=O) groups excluding carboxylic acids is 2. The molecule has 1 aromatic heterocycles. The van der Waals surface area contributed by atoms with Gasteiger partial charge < -0.3 is 25.4 Å². The first-order valence-electron chi connectivity index (χ1n) is 14.1. The predicted octanol–water partition coefficient (Wildman–Crippen LogP) is 6.13. The molecule has 0 bridgehead atoms. The van der Waals surface area contributed by atoms with Crippen molar-refractivity contribution in [1.29, 1.82) is 0 Å². The highest BCUT2D eigenvalue weighted by atomic mass is 16.5. The van der Waals surface area contributed by atoms with E-state index in [1.807, 2.05) is 54.6 Å². The number of carbonyl (C=O) groups is 2. The molecule has 8 nitrogen and oxygen atoms in total. The number of fused-ring (bicyclic) bond motifs is 1. The number of hydrogen-bond donors (Lipinski definition) is 3. The Morgan fingerprint density at radius 1 is 0.698 bits per heavy atom. The number of nitrogens with one attached hydrogen (secondary N) is 3. The number of ether oxygens (including phenoxy) is 2. The Morgan fingerprint density at radius 2 is 1.35 bits per heavy atom. The van der Waals surface area contributed by atoms with Crippen molar-refractivity contribution in [3.8, 4) is 11.5 Å². The molecule has 0 atom stereocenters. The smallest absolute Gasteiger partial charge is 0.257 e. The van der Waals surface area contributed by atoms with E-state index in [2.05, 4.69) is 45.2 Å². The predicted molar refractivity (Wildman–Crippen MR) is 170 cm³/mol. The summed E-state index contributed by atoms with van der Waals surface area (Å²) in [5.41, 5.74) is 4.78. The molecule has 0 aliphatic carbocycles. The molecule has 0 saturated carbocycles. The Morgan fingerprint density at radius 3 is 2.07 bits per heavy atom. The van der Waals surface area contributed by atoms with Crippen molar-refractivity contribution in [3.63, 3.8) is 0 Å². The summed E-state index contributed by atoms with van der Waals surface area (Å²) in [6.07, 6.45) is 3.38. The van der Waals surface area contributed by atoms with E-state index in [4.69, 9.17) is 9.47 Å². The number of para-hydroxylation sites is 1. The second kappa shape index (κ2) is 14.1. The first-order valence-corrected chi connectivity index (χ1v) is 14.1. The zero-order valence-corrected chi connectivity index (χ0v) is 24.2. The van der Waals surface area contributed by atoms with Crippen LogP contribution in [-0.2, 0) is 12.8 Å². The lowest BCUT2D eigenvalue weighted by molar-refractivity contribution is 0.102. The average Bonchev–Trinajstić information content (AvgIpc) is 3.05. The molecule has 4 aromatic carbocycles. The van der Waals surface area contributed by atoms with Gasteiger partial charge in [0.15, 0.2) is 11.5 Å². The van der Waals surface area contributed by atoms with Crippen molar-refractivity contribution in [3.05, 3.63) is 126 Å². The van der Waals surface area contributed by atoms with Gasteiger partial charge in [0.25, 0.3) is 11.8 Å². The summed E-state index contributed by atoms with van der Waals surface area (Å²) in [4.78, 5) is 31.1. The molecule has 0 aliphatic rings. The number of anilines is 2. The van der Waals surface area contributed by atoms with Crippen LogP contribution in [0.5, 0.6) is 11.5 Å². The largest absolute Gasteiger partial charge is 0.493 e. The van der Waals surface area contributed by atoms with Crippen molar-refractivity contribution >= 4 is 34.1 Å². The van der Waals surface area contributed by atoms with Crippen LogP contribution in [0.4, 0.5) is 11.4 Å². The lowest BCUT2D eigenvalue weighted by Crippen LogP contribution is -2.20. The Bertz CT molecular complexity index is 1710. The van der Waals surface area contributed by atoms with Gasteiger partial charge in [-0.3, -0.25) is 14.6 Å². The van der Waals surface area contributed by atoms with Gasteiger partial charge in [-0.25, -0.2) is 0 Å². The van der Waals surface area contributed by atoms with Crippen LogP contribution in [0.25, 0.3) is 10.9 Å². The van der Waals surface area contributed by atoms with E-state index in [1.54, 1.807) is 18.2 Å². The van der Waals surface area contributed by atoms with Gasteiger partial charge in [0.2, 0.25) is 0 Å². The number of hydrogen-bond acceptors (Lipinski definition) is 6. The number of methoxy groups -OCH3 is 2. The van der Waals surface area contributed by atoms with Gasteiger partial charge in [-0.1, -0.05) is 60.7 Å². The van der Waals surface area contributed by atoms with E-state index in [0.717, 1.165) is 42.4 Å². The summed E-state index contributed by atoms with van der Waals surface area (Å²) in [5.74, 6) is -0.0506. The summed E-state index contributed by atoms with van der Waals surface area (Å²) >= 11 is 0. The fourth-order valence-corrected chi connectivity index (χ4v) is 4.75. The minimum Gasteiger partial charge on any atom is -0.493 e. The van der Waals surface area contributed by atoms with Crippen LogP contribution in [0.1, 0.15) is 31.8 Å². The first kappa shape index (κ1) is 29.3. The van der Waals surface area contributed by atoms with E-state index >= 15 is 0 Å². The minimum atomic E-state index is -0.402. The molecule has 2 amide bonds. The van der Waals surface area contributed by atoms with Crippen molar-refractivity contribution in [2.24, 2.45) is 0 Å². The molecule has 5 aromatic rings. The fraction of sp³-hybridized carbons (Fsp3) is 0.171. The zero-order valence-electron chi connectivity index (χ0n) is 24.2. The van der Waals surface area contributed by atoms with Crippen molar-refractivity contribution < 1.29 is 19.1 Å². The van der Waals surface area contributed by atoms with Crippen LogP contribution in [0.15, 0.2) is 103 Å². The minimum absolute atomic E-state index is 0.228. The molecule has 8 heteroatoms. The Labute approximate surface area is 251 Å². The van der Waals surface area contributed by atoms with E-state index in [0.29, 0.717) is 22.7 Å². The SMILES string of the molecule is COc1cc(NC(=O)c2cnc3ccccc3c2)c(C(=O)Nc2ccc(CCNCCc3ccccc3)cc2)cc1OC. The van der Waals surface area contributed by atoms with E-state index in [-0.39, 0.29) is 11.3 Å². The van der Waals surface area contributed by atoms with Gasteiger partial charge in [0.05, 0.1) is 36.6 Å². The normalized spacial score (nSPS) is 10.7. The summed E-state index contributed by atoms with van der Waals surface area (Å²) in [7, 11) is 2.99. The highest BCUT2D eigenvalue weighted by Crippen LogP contribution is 2.34. The Kier molecular flexibility index (Phi) is 9.61. The number of rotatable bonds is 12. The maximum Gasteiger partial charge on any atom is 0.257 e. The van der Waals surface area contributed by atoms with Gasteiger partial charge in [-0.05, 0) is 67.4 Å². The number of pyridine rings is 1. The highest BCUT2D eigenvalue weighted by molar-refractivity contribution is 6.13. The van der Waals surface area contributed by atoms with E-state index in [1.165, 1.54) is 26.0 Å². The zero-order chi connectivity index (χ0) is 30.0. The second-order valence-electron chi connectivity index (χ2n) is 10.0. The molecule has 0 radical (unpaired) electrons. The molecule has 0 aliphatic heterocycles. The Hall–Kier alpha value is -5.21. The highest BCUT2D eigenvalue weighted by Gasteiger charge is 2.20. The third-order valence-electron chi connectivity index (χ3n) is 7.10. The molecule has 5 rings (SSSR count). The summed E-state index contributed by atoms with van der Waals surface area (Å²) < 4.78 is 10.9. The molecule has 43 heavy (non-hydrogen) atoms. The topological polar surface area (TPSA) is 102 Å². The molecular formula is C35H34N4O4. The Balaban J connectivity index is 1.25. The lowest BCUT2D eigenvalue weighted by atomic mass is 10.1. The van der Waals surface area contributed by atoms with Crippen LogP contribution in [-0.4, -0.2) is 44.1 Å². The monoisotopic (exact) mass is 574 g/mol. The number of amides is 2. The summed E-state index contributed by atoms with van der Waals surface area (Å²) in [6, 6.07) is 30.6. The van der Waals surface area contributed by atoms with E-state index in [9.17, 15) is 9.59 Å². The number of aromatic nitrogens is 1. The maximum absolute atomic E-state index is 13.5. The van der Waals surface area contributed by atoms with Crippen molar-refractivity contribution in [2.75, 3.05) is 37.9 Å². The third kappa shape index (κ3) is 7.55. The molecule has 1 heterocycles. The molecule has 3 N–H and O–H groups in total. The van der Waals surface area contributed by atoms with Crippen LogP contribution < -0.4 is 25.4 Å². The lowest BCUT2D eigenvalue weighted by Gasteiger charge is -2.16.